The number of rotatable bonds is 2. The zero-order valence-corrected chi connectivity index (χ0v) is 9.48. The van der Waals surface area contributed by atoms with E-state index in [1.165, 1.54) is 6.20 Å². The molecule has 0 saturated heterocycles. The zero-order valence-electron chi connectivity index (χ0n) is 9.48. The molecule has 18 heavy (non-hydrogen) atoms. The maximum atomic E-state index is 12.2. The fraction of sp³-hybridized carbons (Fsp3) is 0.250. The Morgan fingerprint density at radius 3 is 2.83 bits per heavy atom. The highest BCUT2D eigenvalue weighted by Gasteiger charge is 2.29. The molecule has 0 amide bonds. The van der Waals surface area contributed by atoms with Crippen molar-refractivity contribution >= 4 is 11.3 Å². The van der Waals surface area contributed by atoms with E-state index in [1.54, 1.807) is 12.2 Å². The van der Waals surface area contributed by atoms with Crippen LogP contribution in [0.1, 0.15) is 12.1 Å². The van der Waals surface area contributed by atoms with E-state index in [0.29, 0.717) is 12.1 Å². The van der Waals surface area contributed by atoms with E-state index >= 15 is 0 Å². The highest BCUT2D eigenvalue weighted by molar-refractivity contribution is 5.79. The molecule has 6 heteroatoms. The number of anilines is 1. The second-order valence-electron chi connectivity index (χ2n) is 3.93. The standard InChI is InChI=1S/C12H12F3N3/c13-12(14,15)8-18-7-10(16)11(17-18)9-5-3-1-2-4-6-9/h1-3,5-7H,4,8,16H2. The molecular formula is C12H12F3N3. The average molecular weight is 255 g/mol. The lowest BCUT2D eigenvalue weighted by molar-refractivity contribution is -0.142. The molecule has 0 spiro atoms. The van der Waals surface area contributed by atoms with E-state index in [2.05, 4.69) is 5.10 Å². The van der Waals surface area contributed by atoms with Gasteiger partial charge in [0.05, 0.1) is 5.69 Å². The molecule has 0 saturated carbocycles. The van der Waals surface area contributed by atoms with Gasteiger partial charge in [0.1, 0.15) is 12.2 Å². The van der Waals surface area contributed by atoms with Gasteiger partial charge in [0.15, 0.2) is 0 Å². The molecule has 1 aromatic heterocycles. The summed E-state index contributed by atoms with van der Waals surface area (Å²) in [6.45, 7) is -1.13. The molecule has 0 unspecified atom stereocenters. The number of alkyl halides is 3. The third kappa shape index (κ3) is 3.03. The molecule has 0 aliphatic heterocycles. The highest BCUT2D eigenvalue weighted by Crippen LogP contribution is 2.25. The van der Waals surface area contributed by atoms with Gasteiger partial charge in [-0.1, -0.05) is 30.4 Å². The number of hydrogen-bond donors (Lipinski definition) is 1. The minimum atomic E-state index is -4.30. The summed E-state index contributed by atoms with van der Waals surface area (Å²) in [5.41, 5.74) is 7.07. The summed E-state index contributed by atoms with van der Waals surface area (Å²) in [7, 11) is 0. The number of halogens is 3. The SMILES string of the molecule is Nc1cn(CC(F)(F)F)nc1C1=CCC=CC=C1. The normalized spacial score (nSPS) is 15.6. The summed E-state index contributed by atoms with van der Waals surface area (Å²) in [5, 5.41) is 3.88. The van der Waals surface area contributed by atoms with Crippen LogP contribution in [-0.4, -0.2) is 16.0 Å². The van der Waals surface area contributed by atoms with Crippen LogP contribution in [-0.2, 0) is 6.54 Å². The van der Waals surface area contributed by atoms with E-state index in [1.807, 2.05) is 18.2 Å². The summed E-state index contributed by atoms with van der Waals surface area (Å²) in [4.78, 5) is 0. The Morgan fingerprint density at radius 1 is 1.33 bits per heavy atom. The van der Waals surface area contributed by atoms with Gasteiger partial charge in [-0.05, 0) is 6.42 Å². The number of allylic oxidation sites excluding steroid dienone is 6. The monoisotopic (exact) mass is 255 g/mol. The Bertz CT molecular complexity index is 521. The van der Waals surface area contributed by atoms with E-state index in [-0.39, 0.29) is 5.69 Å². The summed E-state index contributed by atoms with van der Waals surface area (Å²) < 4.78 is 37.6. The number of nitrogens with two attached hydrogens (primary N) is 1. The van der Waals surface area contributed by atoms with Crippen molar-refractivity contribution in [2.45, 2.75) is 19.1 Å². The fourth-order valence-electron chi connectivity index (χ4n) is 1.68. The zero-order chi connectivity index (χ0) is 13.2. The van der Waals surface area contributed by atoms with Gasteiger partial charge in [0.25, 0.3) is 0 Å². The number of nitrogens with zero attached hydrogens (tertiary/aromatic N) is 2. The third-order valence-electron chi connectivity index (χ3n) is 2.40. The van der Waals surface area contributed by atoms with Crippen molar-refractivity contribution in [2.75, 3.05) is 5.73 Å². The van der Waals surface area contributed by atoms with Crippen molar-refractivity contribution in [2.24, 2.45) is 0 Å². The Morgan fingerprint density at radius 2 is 2.11 bits per heavy atom. The first-order chi connectivity index (χ1) is 8.46. The Hall–Kier alpha value is -1.98. The molecule has 2 rings (SSSR count). The second-order valence-corrected chi connectivity index (χ2v) is 3.93. The summed E-state index contributed by atoms with van der Waals surface area (Å²) in [6.07, 6.45) is 6.87. The number of aromatic nitrogens is 2. The topological polar surface area (TPSA) is 43.8 Å². The fourth-order valence-corrected chi connectivity index (χ4v) is 1.68. The molecule has 0 aromatic carbocycles. The van der Waals surface area contributed by atoms with Crippen LogP contribution in [0.2, 0.25) is 0 Å². The summed E-state index contributed by atoms with van der Waals surface area (Å²) >= 11 is 0. The van der Waals surface area contributed by atoms with Crippen LogP contribution in [0.25, 0.3) is 5.57 Å². The van der Waals surface area contributed by atoms with E-state index in [4.69, 9.17) is 5.73 Å². The molecule has 96 valence electrons. The first-order valence-electron chi connectivity index (χ1n) is 5.39. The van der Waals surface area contributed by atoms with Gasteiger partial charge in [-0.3, -0.25) is 4.68 Å². The van der Waals surface area contributed by atoms with Gasteiger partial charge in [-0.2, -0.15) is 18.3 Å². The molecular weight excluding hydrogens is 243 g/mol. The predicted octanol–water partition coefficient (Wildman–Crippen LogP) is 2.93. The largest absolute Gasteiger partial charge is 0.408 e. The van der Waals surface area contributed by atoms with E-state index < -0.39 is 12.7 Å². The minimum absolute atomic E-state index is 0.247. The Labute approximate surface area is 102 Å². The van der Waals surface area contributed by atoms with Gasteiger partial charge in [0, 0.05) is 11.8 Å². The molecule has 0 atom stereocenters. The van der Waals surface area contributed by atoms with Crippen molar-refractivity contribution in [1.29, 1.82) is 0 Å². The van der Waals surface area contributed by atoms with Gasteiger partial charge in [-0.25, -0.2) is 0 Å². The van der Waals surface area contributed by atoms with Crippen molar-refractivity contribution in [3.63, 3.8) is 0 Å². The van der Waals surface area contributed by atoms with Crippen LogP contribution >= 0.6 is 0 Å². The number of nitrogen functional groups attached to an aromatic ring is 1. The van der Waals surface area contributed by atoms with Gasteiger partial charge in [-0.15, -0.1) is 0 Å². The Balaban J connectivity index is 2.27. The van der Waals surface area contributed by atoms with Crippen molar-refractivity contribution in [3.05, 3.63) is 42.3 Å². The van der Waals surface area contributed by atoms with Gasteiger partial charge >= 0.3 is 6.18 Å². The molecule has 1 heterocycles. The quantitative estimate of drug-likeness (QED) is 0.883. The van der Waals surface area contributed by atoms with Crippen LogP contribution < -0.4 is 5.73 Å². The van der Waals surface area contributed by atoms with Gasteiger partial charge < -0.3 is 5.73 Å². The van der Waals surface area contributed by atoms with Crippen LogP contribution in [0.5, 0.6) is 0 Å². The summed E-state index contributed by atoms with van der Waals surface area (Å²) in [6, 6.07) is 0. The number of hydrogen-bond acceptors (Lipinski definition) is 2. The van der Waals surface area contributed by atoms with E-state index in [0.717, 1.165) is 10.3 Å². The molecule has 3 nitrogen and oxygen atoms in total. The second kappa shape index (κ2) is 4.72. The lowest BCUT2D eigenvalue weighted by atomic mass is 10.1. The van der Waals surface area contributed by atoms with Gasteiger partial charge in [0.2, 0.25) is 0 Å². The molecule has 1 aliphatic carbocycles. The summed E-state index contributed by atoms with van der Waals surface area (Å²) in [5.74, 6) is 0. The first-order valence-corrected chi connectivity index (χ1v) is 5.39. The van der Waals surface area contributed by atoms with Crippen molar-refractivity contribution in [3.8, 4) is 0 Å². The minimum Gasteiger partial charge on any atom is -0.396 e. The maximum Gasteiger partial charge on any atom is 0.408 e. The lowest BCUT2D eigenvalue weighted by Crippen LogP contribution is -2.18. The molecule has 0 radical (unpaired) electrons. The molecule has 1 aliphatic rings. The average Bonchev–Trinajstić information content (AvgIpc) is 2.51. The third-order valence-corrected chi connectivity index (χ3v) is 2.40. The smallest absolute Gasteiger partial charge is 0.396 e. The molecule has 0 fully saturated rings. The first kappa shape index (κ1) is 12.5. The van der Waals surface area contributed by atoms with Crippen molar-refractivity contribution < 1.29 is 13.2 Å². The molecule has 0 bridgehead atoms. The molecule has 2 N–H and O–H groups in total. The van der Waals surface area contributed by atoms with Crippen molar-refractivity contribution in [1.82, 2.24) is 9.78 Å². The van der Waals surface area contributed by atoms with E-state index in [9.17, 15) is 13.2 Å². The van der Waals surface area contributed by atoms with Crippen LogP contribution in [0.3, 0.4) is 0 Å². The van der Waals surface area contributed by atoms with Crippen LogP contribution in [0.4, 0.5) is 18.9 Å². The van der Waals surface area contributed by atoms with Crippen LogP contribution in [0.15, 0.2) is 36.6 Å². The lowest BCUT2D eigenvalue weighted by Gasteiger charge is -2.05. The predicted molar refractivity (Wildman–Crippen MR) is 63.6 cm³/mol. The maximum absolute atomic E-state index is 12.2. The molecule has 1 aromatic rings. The Kier molecular flexibility index (Phi) is 3.27. The van der Waals surface area contributed by atoms with Crippen LogP contribution in [0, 0.1) is 0 Å². The highest BCUT2D eigenvalue weighted by atomic mass is 19.4.